The molecule has 28 heavy (non-hydrogen) atoms. The minimum atomic E-state index is 0.104. The summed E-state index contributed by atoms with van der Waals surface area (Å²) < 4.78 is 2.07. The van der Waals surface area contributed by atoms with Crippen LogP contribution < -0.4 is 0 Å². The Morgan fingerprint density at radius 2 is 1.71 bits per heavy atom. The monoisotopic (exact) mass is 387 g/mol. The summed E-state index contributed by atoms with van der Waals surface area (Å²) in [4.78, 5) is 30.0. The second-order valence-electron chi connectivity index (χ2n) is 10.2. The van der Waals surface area contributed by atoms with Crippen LogP contribution in [-0.2, 0) is 23.2 Å². The average Bonchev–Trinajstić information content (AvgIpc) is 3.48. The summed E-state index contributed by atoms with van der Waals surface area (Å²) in [5, 5.41) is 0. The van der Waals surface area contributed by atoms with Gasteiger partial charge in [0.15, 0.2) is 0 Å². The Balaban J connectivity index is 1.61. The van der Waals surface area contributed by atoms with Gasteiger partial charge in [-0.25, -0.2) is 0 Å². The molecule has 2 aliphatic carbocycles. The molecule has 5 heteroatoms. The van der Waals surface area contributed by atoms with Gasteiger partial charge >= 0.3 is 0 Å². The van der Waals surface area contributed by atoms with Gasteiger partial charge in [0.2, 0.25) is 11.8 Å². The van der Waals surface area contributed by atoms with Crippen LogP contribution >= 0.6 is 0 Å². The molecule has 1 heterocycles. The molecule has 0 spiro atoms. The van der Waals surface area contributed by atoms with Gasteiger partial charge < -0.3 is 14.4 Å². The first-order valence-electron chi connectivity index (χ1n) is 10.8. The van der Waals surface area contributed by atoms with Crippen molar-refractivity contribution in [2.75, 3.05) is 6.54 Å². The van der Waals surface area contributed by atoms with Crippen LogP contribution in [0.15, 0.2) is 18.3 Å². The lowest BCUT2D eigenvalue weighted by molar-refractivity contribution is -0.142. The highest BCUT2D eigenvalue weighted by molar-refractivity contribution is 5.85. The zero-order chi connectivity index (χ0) is 20.5. The lowest BCUT2D eigenvalue weighted by atomic mass is 9.84. The number of aromatic nitrogens is 1. The van der Waals surface area contributed by atoms with Crippen molar-refractivity contribution in [2.45, 2.75) is 84.8 Å². The van der Waals surface area contributed by atoms with E-state index < -0.39 is 0 Å². The number of carbonyl (C=O) groups excluding carboxylic acids is 2. The smallest absolute Gasteiger partial charge is 0.242 e. The molecule has 156 valence electrons. The number of hydrogen-bond donors (Lipinski definition) is 0. The first-order valence-corrected chi connectivity index (χ1v) is 10.8. The molecular weight excluding hydrogens is 350 g/mol. The van der Waals surface area contributed by atoms with Gasteiger partial charge in [0.05, 0.1) is 6.54 Å². The molecule has 5 nitrogen and oxygen atoms in total. The molecule has 1 unspecified atom stereocenters. The van der Waals surface area contributed by atoms with Crippen molar-refractivity contribution < 1.29 is 9.59 Å². The van der Waals surface area contributed by atoms with Crippen molar-refractivity contribution in [3.8, 4) is 0 Å². The van der Waals surface area contributed by atoms with Crippen LogP contribution in [0.5, 0.6) is 0 Å². The van der Waals surface area contributed by atoms with Crippen LogP contribution in [-0.4, -0.2) is 44.8 Å². The maximum atomic E-state index is 13.1. The molecule has 2 amide bonds. The lowest BCUT2D eigenvalue weighted by Crippen LogP contribution is -2.45. The number of amides is 2. The highest BCUT2D eigenvalue weighted by atomic mass is 16.2. The summed E-state index contributed by atoms with van der Waals surface area (Å²) in [6.45, 7) is 9.68. The Bertz CT molecular complexity index is 695. The van der Waals surface area contributed by atoms with Crippen molar-refractivity contribution in [2.24, 2.45) is 18.4 Å². The van der Waals surface area contributed by atoms with Crippen LogP contribution in [0.3, 0.4) is 0 Å². The fourth-order valence-corrected chi connectivity index (χ4v) is 4.22. The predicted molar refractivity (Wildman–Crippen MR) is 112 cm³/mol. The molecule has 0 N–H and O–H groups in total. The molecule has 3 rings (SSSR count). The van der Waals surface area contributed by atoms with Crippen LogP contribution in [0.2, 0.25) is 0 Å². The molecular formula is C23H37N3O2. The van der Waals surface area contributed by atoms with Gasteiger partial charge in [-0.1, -0.05) is 27.7 Å². The molecule has 0 radical (unpaired) electrons. The van der Waals surface area contributed by atoms with Gasteiger partial charge in [0.25, 0.3) is 0 Å². The Labute approximate surface area is 170 Å². The second kappa shape index (κ2) is 8.30. The standard InChI is InChI=1S/C23H37N3O2/c1-17(14-23(2,3)4)13-21(27)26(19-10-11-19)16-22(28)25(18-8-9-18)15-20-7-6-12-24(20)5/h6-7,12,17-19H,8-11,13-16H2,1-5H3. The Morgan fingerprint density at radius 1 is 1.11 bits per heavy atom. The third-order valence-electron chi connectivity index (χ3n) is 5.79. The van der Waals surface area contributed by atoms with E-state index in [0.29, 0.717) is 24.9 Å². The van der Waals surface area contributed by atoms with Crippen LogP contribution in [0, 0.1) is 11.3 Å². The molecule has 0 saturated heterocycles. The molecule has 0 bridgehead atoms. The SMILES string of the molecule is CC(CC(=O)N(CC(=O)N(Cc1cccn1C)C1CC1)C1CC1)CC(C)(C)C. The maximum absolute atomic E-state index is 13.1. The summed E-state index contributed by atoms with van der Waals surface area (Å²) in [7, 11) is 2.02. The quantitative estimate of drug-likeness (QED) is 0.644. The van der Waals surface area contributed by atoms with Crippen LogP contribution in [0.1, 0.15) is 71.9 Å². The first kappa shape index (κ1) is 20.9. The molecule has 2 fully saturated rings. The Hall–Kier alpha value is -1.78. The summed E-state index contributed by atoms with van der Waals surface area (Å²) >= 11 is 0. The summed E-state index contributed by atoms with van der Waals surface area (Å²) in [5.74, 6) is 0.599. The minimum absolute atomic E-state index is 0.104. The number of nitrogens with zero attached hydrogens (tertiary/aromatic N) is 3. The van der Waals surface area contributed by atoms with Crippen molar-refractivity contribution in [3.63, 3.8) is 0 Å². The van der Waals surface area contributed by atoms with Gasteiger partial charge in [0.1, 0.15) is 6.54 Å². The summed E-state index contributed by atoms with van der Waals surface area (Å²) in [6, 6.07) is 4.70. The first-order chi connectivity index (χ1) is 13.1. The number of aryl methyl sites for hydroxylation is 1. The van der Waals surface area contributed by atoms with Gasteiger partial charge in [-0.05, 0) is 55.6 Å². The maximum Gasteiger partial charge on any atom is 0.242 e. The largest absolute Gasteiger partial charge is 0.353 e. The van der Waals surface area contributed by atoms with E-state index in [9.17, 15) is 9.59 Å². The minimum Gasteiger partial charge on any atom is -0.353 e. The topological polar surface area (TPSA) is 45.6 Å². The summed E-state index contributed by atoms with van der Waals surface area (Å²) in [5.41, 5.74) is 1.36. The molecule has 0 aliphatic heterocycles. The van der Waals surface area contributed by atoms with E-state index in [4.69, 9.17) is 0 Å². The van der Waals surface area contributed by atoms with E-state index >= 15 is 0 Å². The molecule has 1 aromatic heterocycles. The zero-order valence-corrected chi connectivity index (χ0v) is 18.3. The third kappa shape index (κ3) is 5.86. The van der Waals surface area contributed by atoms with E-state index in [-0.39, 0.29) is 29.8 Å². The third-order valence-corrected chi connectivity index (χ3v) is 5.79. The van der Waals surface area contributed by atoms with Gasteiger partial charge in [-0.15, -0.1) is 0 Å². The average molecular weight is 388 g/mol. The predicted octanol–water partition coefficient (Wildman–Crippen LogP) is 3.97. The number of rotatable bonds is 9. The van der Waals surface area contributed by atoms with E-state index in [1.54, 1.807) is 0 Å². The molecule has 0 aromatic carbocycles. The van der Waals surface area contributed by atoms with E-state index in [2.05, 4.69) is 38.3 Å². The van der Waals surface area contributed by atoms with Gasteiger partial charge in [0, 0.05) is 37.4 Å². The van der Waals surface area contributed by atoms with Crippen LogP contribution in [0.4, 0.5) is 0 Å². The Morgan fingerprint density at radius 3 is 2.21 bits per heavy atom. The summed E-state index contributed by atoms with van der Waals surface area (Å²) in [6.07, 6.45) is 7.81. The zero-order valence-electron chi connectivity index (χ0n) is 18.3. The lowest BCUT2D eigenvalue weighted by Gasteiger charge is -2.29. The fourth-order valence-electron chi connectivity index (χ4n) is 4.22. The van der Waals surface area contributed by atoms with Gasteiger partial charge in [-0.3, -0.25) is 9.59 Å². The normalized spacial score (nSPS) is 18.0. The fraction of sp³-hybridized carbons (Fsp3) is 0.739. The Kier molecular flexibility index (Phi) is 6.21. The van der Waals surface area contributed by atoms with E-state index in [0.717, 1.165) is 37.8 Å². The van der Waals surface area contributed by atoms with Crippen molar-refractivity contribution in [1.82, 2.24) is 14.4 Å². The van der Waals surface area contributed by atoms with Gasteiger partial charge in [-0.2, -0.15) is 0 Å². The van der Waals surface area contributed by atoms with Crippen molar-refractivity contribution >= 4 is 11.8 Å². The number of hydrogen-bond acceptors (Lipinski definition) is 2. The van der Waals surface area contributed by atoms with E-state index in [1.165, 1.54) is 0 Å². The molecule has 1 atom stereocenters. The second-order valence-corrected chi connectivity index (χ2v) is 10.2. The highest BCUT2D eigenvalue weighted by Crippen LogP contribution is 2.32. The van der Waals surface area contributed by atoms with Crippen molar-refractivity contribution in [3.05, 3.63) is 24.0 Å². The molecule has 1 aromatic rings. The van der Waals surface area contributed by atoms with Crippen LogP contribution in [0.25, 0.3) is 0 Å². The molecule has 2 aliphatic rings. The number of carbonyl (C=O) groups is 2. The van der Waals surface area contributed by atoms with Crippen molar-refractivity contribution in [1.29, 1.82) is 0 Å². The van der Waals surface area contributed by atoms with E-state index in [1.807, 2.05) is 29.1 Å². The highest BCUT2D eigenvalue weighted by Gasteiger charge is 2.38. The molecule has 2 saturated carbocycles.